The summed E-state index contributed by atoms with van der Waals surface area (Å²) in [5.41, 5.74) is 10.5. The summed E-state index contributed by atoms with van der Waals surface area (Å²) in [6.45, 7) is 4.12. The first-order valence-corrected chi connectivity index (χ1v) is 8.68. The van der Waals surface area contributed by atoms with Gasteiger partial charge in [-0.05, 0) is 47.9 Å². The molecule has 0 aliphatic rings. The van der Waals surface area contributed by atoms with Crippen LogP contribution in [0.4, 0.5) is 16.3 Å². The van der Waals surface area contributed by atoms with Crippen LogP contribution in [0.15, 0.2) is 42.6 Å². The highest BCUT2D eigenvalue weighted by atomic mass is 35.5. The molecule has 0 saturated heterocycles. The number of nitrogens with two attached hydrogens (primary N) is 1. The molecule has 0 radical (unpaired) electrons. The number of urea groups is 1. The number of carbonyl (C=O) groups excluding carboxylic acids is 1. The predicted molar refractivity (Wildman–Crippen MR) is 106 cm³/mol. The average molecular weight is 390 g/mol. The van der Waals surface area contributed by atoms with Crippen LogP contribution >= 0.6 is 23.2 Å². The fourth-order valence-electron chi connectivity index (χ4n) is 2.63. The van der Waals surface area contributed by atoms with Crippen LogP contribution in [0.2, 0.25) is 10.0 Å². The van der Waals surface area contributed by atoms with Gasteiger partial charge in [-0.1, -0.05) is 37.0 Å². The van der Waals surface area contributed by atoms with Crippen molar-refractivity contribution in [1.29, 1.82) is 0 Å². The van der Waals surface area contributed by atoms with E-state index in [0.717, 1.165) is 16.0 Å². The van der Waals surface area contributed by atoms with Crippen molar-refractivity contribution in [2.24, 2.45) is 5.73 Å². The molecular weight excluding hydrogens is 373 g/mol. The molecule has 0 bridgehead atoms. The van der Waals surface area contributed by atoms with Gasteiger partial charge in [0, 0.05) is 21.6 Å². The van der Waals surface area contributed by atoms with E-state index in [9.17, 15) is 4.79 Å². The second-order valence-electron chi connectivity index (χ2n) is 6.04. The number of anilines is 2. The minimum atomic E-state index is -0.724. The molecule has 0 saturated carbocycles. The number of carbonyl (C=O) groups is 1. The molecule has 2 amide bonds. The molecule has 8 heteroatoms. The largest absolute Gasteiger partial charge is 0.350 e. The van der Waals surface area contributed by atoms with E-state index in [1.165, 1.54) is 0 Å². The van der Waals surface area contributed by atoms with Crippen LogP contribution in [0.3, 0.4) is 0 Å². The van der Waals surface area contributed by atoms with Crippen LogP contribution < -0.4 is 16.2 Å². The number of halogens is 2. The summed E-state index contributed by atoms with van der Waals surface area (Å²) in [7, 11) is 0. The SMILES string of the molecule is CC(C)c1cc(N(Nc2cc(Cl)cc(Cl)c2)C(N)=O)nc2ncccc12. The van der Waals surface area contributed by atoms with Gasteiger partial charge >= 0.3 is 6.03 Å². The van der Waals surface area contributed by atoms with Crippen LogP contribution in [-0.4, -0.2) is 16.0 Å². The zero-order valence-corrected chi connectivity index (χ0v) is 15.7. The number of hydrogen-bond acceptors (Lipinski definition) is 4. The van der Waals surface area contributed by atoms with Gasteiger partial charge in [0.05, 0.1) is 5.69 Å². The lowest BCUT2D eigenvalue weighted by Crippen LogP contribution is -2.41. The van der Waals surface area contributed by atoms with E-state index in [1.807, 2.05) is 18.2 Å². The Hall–Kier alpha value is -2.57. The lowest BCUT2D eigenvalue weighted by atomic mass is 10.0. The number of pyridine rings is 2. The number of nitrogens with zero attached hydrogens (tertiary/aromatic N) is 3. The Morgan fingerprint density at radius 1 is 1.19 bits per heavy atom. The van der Waals surface area contributed by atoms with E-state index in [2.05, 4.69) is 29.2 Å². The van der Waals surface area contributed by atoms with Gasteiger partial charge in [0.2, 0.25) is 0 Å². The van der Waals surface area contributed by atoms with Crippen molar-refractivity contribution >= 4 is 51.8 Å². The Labute approximate surface area is 160 Å². The summed E-state index contributed by atoms with van der Waals surface area (Å²) in [6.07, 6.45) is 1.65. The topological polar surface area (TPSA) is 84.1 Å². The molecule has 2 heterocycles. The van der Waals surface area contributed by atoms with Crippen molar-refractivity contribution in [3.8, 4) is 0 Å². The van der Waals surface area contributed by atoms with Gasteiger partial charge in [0.25, 0.3) is 0 Å². The van der Waals surface area contributed by atoms with Crippen molar-refractivity contribution < 1.29 is 4.79 Å². The third kappa shape index (κ3) is 3.81. The molecule has 3 rings (SSSR count). The van der Waals surface area contributed by atoms with E-state index >= 15 is 0 Å². The first-order chi connectivity index (χ1) is 12.3. The van der Waals surface area contributed by atoms with E-state index in [0.29, 0.717) is 27.2 Å². The molecule has 26 heavy (non-hydrogen) atoms. The van der Waals surface area contributed by atoms with Crippen molar-refractivity contribution in [2.75, 3.05) is 10.4 Å². The Bertz CT molecular complexity index is 957. The van der Waals surface area contributed by atoms with Gasteiger partial charge in [-0.2, -0.15) is 5.01 Å². The quantitative estimate of drug-likeness (QED) is 0.616. The van der Waals surface area contributed by atoms with Crippen molar-refractivity contribution in [1.82, 2.24) is 9.97 Å². The van der Waals surface area contributed by atoms with Crippen LogP contribution in [-0.2, 0) is 0 Å². The van der Waals surface area contributed by atoms with Crippen molar-refractivity contribution in [3.63, 3.8) is 0 Å². The predicted octanol–water partition coefficient (Wildman–Crippen LogP) is 4.97. The third-order valence-electron chi connectivity index (χ3n) is 3.78. The Morgan fingerprint density at radius 3 is 2.50 bits per heavy atom. The smallest absolute Gasteiger partial charge is 0.339 e. The molecule has 134 valence electrons. The van der Waals surface area contributed by atoms with E-state index in [4.69, 9.17) is 28.9 Å². The number of hydrogen-bond donors (Lipinski definition) is 2. The van der Waals surface area contributed by atoms with Crippen molar-refractivity contribution in [2.45, 2.75) is 19.8 Å². The molecule has 2 aromatic heterocycles. The molecule has 6 nitrogen and oxygen atoms in total. The van der Waals surface area contributed by atoms with E-state index in [-0.39, 0.29) is 5.92 Å². The summed E-state index contributed by atoms with van der Waals surface area (Å²) in [5.74, 6) is 0.544. The van der Waals surface area contributed by atoms with Crippen LogP contribution in [0, 0.1) is 0 Å². The highest BCUT2D eigenvalue weighted by Crippen LogP contribution is 2.29. The first kappa shape index (κ1) is 18.2. The number of amides is 2. The minimum absolute atomic E-state index is 0.207. The standard InChI is InChI=1S/C18H17Cl2N5O/c1-10(2)15-9-16(23-17-14(15)4-3-5-22-17)25(18(21)26)24-13-7-11(19)6-12(20)8-13/h3-10,24H,1-2H3,(H2,21,26). The Morgan fingerprint density at radius 2 is 1.88 bits per heavy atom. The monoisotopic (exact) mass is 389 g/mol. The maximum atomic E-state index is 12.1. The average Bonchev–Trinajstić information content (AvgIpc) is 2.57. The molecule has 0 aliphatic carbocycles. The highest BCUT2D eigenvalue weighted by Gasteiger charge is 2.18. The fourth-order valence-corrected chi connectivity index (χ4v) is 3.16. The molecule has 3 aromatic rings. The summed E-state index contributed by atoms with van der Waals surface area (Å²) >= 11 is 12.0. The van der Waals surface area contributed by atoms with Crippen LogP contribution in [0.25, 0.3) is 11.0 Å². The lowest BCUT2D eigenvalue weighted by Gasteiger charge is -2.23. The van der Waals surface area contributed by atoms with Gasteiger partial charge < -0.3 is 5.73 Å². The normalized spacial score (nSPS) is 11.0. The van der Waals surface area contributed by atoms with Gasteiger partial charge in [0.1, 0.15) is 0 Å². The second-order valence-corrected chi connectivity index (χ2v) is 6.92. The second kappa shape index (κ2) is 7.35. The Kier molecular flexibility index (Phi) is 5.15. The van der Waals surface area contributed by atoms with Gasteiger partial charge in [-0.25, -0.2) is 14.8 Å². The fraction of sp³-hybridized carbons (Fsp3) is 0.167. The number of aromatic nitrogens is 2. The van der Waals surface area contributed by atoms with Crippen LogP contribution in [0.1, 0.15) is 25.3 Å². The summed E-state index contributed by atoms with van der Waals surface area (Å²) in [6, 6.07) is 9.76. The summed E-state index contributed by atoms with van der Waals surface area (Å²) in [5, 5.41) is 2.93. The Balaban J connectivity index is 2.09. The highest BCUT2D eigenvalue weighted by molar-refractivity contribution is 6.35. The lowest BCUT2D eigenvalue weighted by molar-refractivity contribution is 0.255. The molecule has 0 fully saturated rings. The number of rotatable bonds is 4. The number of hydrazine groups is 1. The number of fused-ring (bicyclic) bond motifs is 1. The molecular formula is C18H17Cl2N5O. The first-order valence-electron chi connectivity index (χ1n) is 7.93. The maximum Gasteiger partial charge on any atom is 0.339 e. The molecule has 0 unspecified atom stereocenters. The third-order valence-corrected chi connectivity index (χ3v) is 4.21. The summed E-state index contributed by atoms with van der Waals surface area (Å²) in [4.78, 5) is 20.8. The molecule has 1 aromatic carbocycles. The number of primary amides is 1. The van der Waals surface area contributed by atoms with Crippen molar-refractivity contribution in [3.05, 3.63) is 58.2 Å². The zero-order valence-electron chi connectivity index (χ0n) is 14.2. The number of benzene rings is 1. The zero-order chi connectivity index (χ0) is 18.8. The van der Waals surface area contributed by atoms with E-state index < -0.39 is 6.03 Å². The molecule has 0 spiro atoms. The summed E-state index contributed by atoms with van der Waals surface area (Å²) < 4.78 is 0. The van der Waals surface area contributed by atoms with E-state index in [1.54, 1.807) is 24.4 Å². The maximum absolute atomic E-state index is 12.1. The molecule has 3 N–H and O–H groups in total. The van der Waals surface area contributed by atoms with Crippen LogP contribution in [0.5, 0.6) is 0 Å². The molecule has 0 aliphatic heterocycles. The van der Waals surface area contributed by atoms with Gasteiger partial charge in [-0.3, -0.25) is 5.43 Å². The minimum Gasteiger partial charge on any atom is -0.350 e. The van der Waals surface area contributed by atoms with Gasteiger partial charge in [0.15, 0.2) is 11.5 Å². The number of nitrogens with one attached hydrogen (secondary N) is 1. The molecule has 0 atom stereocenters. The van der Waals surface area contributed by atoms with Gasteiger partial charge in [-0.15, -0.1) is 0 Å².